The monoisotopic (exact) mass is 556 g/mol. The predicted octanol–water partition coefficient (Wildman–Crippen LogP) is 1.76. The summed E-state index contributed by atoms with van der Waals surface area (Å²) in [5.41, 5.74) is -1.92. The topological polar surface area (TPSA) is 128 Å². The van der Waals surface area contributed by atoms with Crippen LogP contribution < -0.4 is 0 Å². The van der Waals surface area contributed by atoms with Gasteiger partial charge in [-0.25, -0.2) is 4.79 Å². The van der Waals surface area contributed by atoms with Gasteiger partial charge < -0.3 is 19.7 Å². The van der Waals surface area contributed by atoms with Crippen LogP contribution in [0.1, 0.15) is 68.2 Å². The molecule has 1 N–H and O–H groups in total. The smallest absolute Gasteiger partial charge is 0.359 e. The van der Waals surface area contributed by atoms with Gasteiger partial charge >= 0.3 is 5.97 Å². The quantitative estimate of drug-likeness (QED) is 0.245. The SMILES string of the molecule is C/C(=C\[C@H](C(C)C)N(C)C(=O)[C@@H](N(C)C(=O)[C@@H](N(C)P)C(C)(C)O)C(C)(C)C)C(=O)ON1C(=O)CCC1=O. The fourth-order valence-corrected chi connectivity index (χ4v) is 5.13. The Morgan fingerprint density at radius 1 is 0.947 bits per heavy atom. The maximum absolute atomic E-state index is 13.9. The molecule has 1 saturated heterocycles. The lowest BCUT2D eigenvalue weighted by molar-refractivity contribution is -0.194. The van der Waals surface area contributed by atoms with Gasteiger partial charge in [-0.1, -0.05) is 50.1 Å². The zero-order valence-electron chi connectivity index (χ0n) is 24.6. The summed E-state index contributed by atoms with van der Waals surface area (Å²) in [5, 5.41) is 11.1. The first-order valence-electron chi connectivity index (χ1n) is 12.6. The number of carbonyl (C=O) groups is 5. The minimum absolute atomic E-state index is 0.0119. The second-order valence-corrected chi connectivity index (χ2v) is 12.7. The average molecular weight is 557 g/mol. The summed E-state index contributed by atoms with van der Waals surface area (Å²) >= 11 is 0. The third-order valence-electron chi connectivity index (χ3n) is 6.50. The van der Waals surface area contributed by atoms with Gasteiger partial charge in [-0.15, -0.1) is 5.06 Å². The first-order valence-corrected chi connectivity index (χ1v) is 13.1. The van der Waals surface area contributed by atoms with Gasteiger partial charge in [0.2, 0.25) is 11.8 Å². The van der Waals surface area contributed by atoms with Crippen LogP contribution >= 0.6 is 9.39 Å². The number of hydrogen-bond acceptors (Lipinski definition) is 8. The first kappa shape index (κ1) is 33.7. The van der Waals surface area contributed by atoms with E-state index in [0.717, 1.165) is 0 Å². The standard InChI is InChI=1S/C26H45N4O7P/c1-15(2)17(14-16(3)24(35)37-30-18(31)12-13-19(30)32)27(9)22(33)20(25(4,5)6)28(10)23(34)21(29(11)38)26(7,8)36/h14-15,17,20-21,36H,12-13,38H2,1-11H3/b16-14+/t17-,20-,21-/m1/s1. The summed E-state index contributed by atoms with van der Waals surface area (Å²) in [6.45, 7) is 13.9. The number of rotatable bonds is 10. The second kappa shape index (κ2) is 12.7. The summed E-state index contributed by atoms with van der Waals surface area (Å²) in [4.78, 5) is 71.6. The first-order chi connectivity index (χ1) is 17.1. The summed E-state index contributed by atoms with van der Waals surface area (Å²) in [6, 6.07) is -2.38. The molecule has 4 atom stereocenters. The molecule has 1 heterocycles. The van der Waals surface area contributed by atoms with Gasteiger partial charge in [-0.3, -0.25) is 23.8 Å². The van der Waals surface area contributed by atoms with Crippen LogP contribution in [0.5, 0.6) is 0 Å². The molecule has 216 valence electrons. The highest BCUT2D eigenvalue weighted by Gasteiger charge is 2.45. The molecular formula is C26H45N4O7P. The van der Waals surface area contributed by atoms with Crippen LogP contribution in [0.3, 0.4) is 0 Å². The van der Waals surface area contributed by atoms with Crippen molar-refractivity contribution in [1.29, 1.82) is 0 Å². The number of amides is 4. The van der Waals surface area contributed by atoms with E-state index in [9.17, 15) is 29.1 Å². The maximum atomic E-state index is 13.9. The summed E-state index contributed by atoms with van der Waals surface area (Å²) in [6.07, 6.45) is 1.54. The molecule has 0 aliphatic carbocycles. The maximum Gasteiger partial charge on any atom is 0.359 e. The molecule has 4 amide bonds. The highest BCUT2D eigenvalue weighted by molar-refractivity contribution is 7.13. The minimum Gasteiger partial charge on any atom is -0.388 e. The van der Waals surface area contributed by atoms with Crippen LogP contribution in [0.2, 0.25) is 0 Å². The third kappa shape index (κ3) is 8.07. The van der Waals surface area contributed by atoms with Crippen molar-refractivity contribution >= 4 is 39.0 Å². The third-order valence-corrected chi connectivity index (χ3v) is 6.80. The highest BCUT2D eigenvalue weighted by atomic mass is 31.0. The zero-order valence-corrected chi connectivity index (χ0v) is 25.7. The molecule has 0 radical (unpaired) electrons. The van der Waals surface area contributed by atoms with Gasteiger partial charge in [0.05, 0.1) is 11.6 Å². The second-order valence-electron chi connectivity index (χ2n) is 11.9. The van der Waals surface area contributed by atoms with Crippen molar-refractivity contribution in [2.24, 2.45) is 11.3 Å². The average Bonchev–Trinajstić information content (AvgIpc) is 3.06. The number of nitrogens with zero attached hydrogens (tertiary/aromatic N) is 4. The van der Waals surface area contributed by atoms with Crippen molar-refractivity contribution in [3.05, 3.63) is 11.6 Å². The van der Waals surface area contributed by atoms with Crippen LogP contribution in [-0.4, -0.2) is 99.1 Å². The van der Waals surface area contributed by atoms with Crippen molar-refractivity contribution in [2.75, 3.05) is 21.1 Å². The lowest BCUT2D eigenvalue weighted by atomic mass is 9.83. The summed E-state index contributed by atoms with van der Waals surface area (Å²) < 4.78 is 1.54. The molecular weight excluding hydrogens is 511 g/mol. The van der Waals surface area contributed by atoms with Crippen LogP contribution in [0, 0.1) is 11.3 Å². The number of carbonyl (C=O) groups excluding carboxylic acids is 5. The van der Waals surface area contributed by atoms with Gasteiger partial charge in [0, 0.05) is 32.5 Å². The summed E-state index contributed by atoms with van der Waals surface area (Å²) in [5.74, 6) is -2.93. The number of hydroxylamine groups is 2. The van der Waals surface area contributed by atoms with Gasteiger partial charge in [0.15, 0.2) is 0 Å². The van der Waals surface area contributed by atoms with Crippen molar-refractivity contribution < 1.29 is 33.9 Å². The molecule has 0 spiro atoms. The number of likely N-dealkylation sites (N-methyl/N-ethyl adjacent to an activating group) is 3. The predicted molar refractivity (Wildman–Crippen MR) is 146 cm³/mol. The Bertz CT molecular complexity index is 950. The van der Waals surface area contributed by atoms with Crippen LogP contribution in [0.4, 0.5) is 0 Å². The van der Waals surface area contributed by atoms with Gasteiger partial charge in [-0.2, -0.15) is 0 Å². The van der Waals surface area contributed by atoms with Crippen molar-refractivity contribution in [3.63, 3.8) is 0 Å². The lowest BCUT2D eigenvalue weighted by Crippen LogP contribution is -2.62. The van der Waals surface area contributed by atoms with E-state index in [2.05, 4.69) is 9.39 Å². The normalized spacial score (nSPS) is 17.6. The molecule has 38 heavy (non-hydrogen) atoms. The molecule has 0 saturated carbocycles. The Labute approximate surface area is 228 Å². The van der Waals surface area contributed by atoms with E-state index in [1.54, 1.807) is 27.2 Å². The Morgan fingerprint density at radius 2 is 1.39 bits per heavy atom. The lowest BCUT2D eigenvalue weighted by Gasteiger charge is -2.44. The Morgan fingerprint density at radius 3 is 1.76 bits per heavy atom. The Balaban J connectivity index is 3.32. The molecule has 1 fully saturated rings. The van der Waals surface area contributed by atoms with E-state index >= 15 is 0 Å². The largest absolute Gasteiger partial charge is 0.388 e. The summed E-state index contributed by atoms with van der Waals surface area (Å²) in [7, 11) is 7.19. The Kier molecular flexibility index (Phi) is 11.2. The molecule has 11 nitrogen and oxygen atoms in total. The number of hydrogen-bond donors (Lipinski definition) is 1. The van der Waals surface area contributed by atoms with E-state index in [-0.39, 0.29) is 30.2 Å². The van der Waals surface area contributed by atoms with Crippen molar-refractivity contribution in [2.45, 2.75) is 92.0 Å². The molecule has 0 aromatic carbocycles. The van der Waals surface area contributed by atoms with Crippen molar-refractivity contribution in [1.82, 2.24) is 19.5 Å². The molecule has 1 aliphatic heterocycles. The van der Waals surface area contributed by atoms with E-state index in [1.807, 2.05) is 34.6 Å². The van der Waals surface area contributed by atoms with Crippen LogP contribution in [0.15, 0.2) is 11.6 Å². The fraction of sp³-hybridized carbons (Fsp3) is 0.731. The molecule has 1 unspecified atom stereocenters. The van der Waals surface area contributed by atoms with Crippen LogP contribution in [0.25, 0.3) is 0 Å². The highest BCUT2D eigenvalue weighted by Crippen LogP contribution is 2.30. The minimum atomic E-state index is -1.38. The van der Waals surface area contributed by atoms with Gasteiger partial charge in [0.25, 0.3) is 11.8 Å². The molecule has 0 aromatic heterocycles. The Hall–Kier alpha value is -2.36. The fourth-order valence-electron chi connectivity index (χ4n) is 4.64. The van der Waals surface area contributed by atoms with Gasteiger partial charge in [-0.05, 0) is 39.2 Å². The van der Waals surface area contributed by atoms with E-state index in [4.69, 9.17) is 4.84 Å². The van der Waals surface area contributed by atoms with E-state index in [0.29, 0.717) is 5.06 Å². The molecule has 12 heteroatoms. The molecule has 1 aliphatic rings. The number of imide groups is 1. The number of aliphatic hydroxyl groups is 1. The molecule has 0 aromatic rings. The van der Waals surface area contributed by atoms with Gasteiger partial charge in [0.1, 0.15) is 12.1 Å². The van der Waals surface area contributed by atoms with Crippen molar-refractivity contribution in [3.8, 4) is 0 Å². The zero-order chi connectivity index (χ0) is 29.9. The van der Waals surface area contributed by atoms with E-state index in [1.165, 1.54) is 35.2 Å². The van der Waals surface area contributed by atoms with E-state index < -0.39 is 52.8 Å². The molecule has 1 rings (SSSR count). The van der Waals surface area contributed by atoms with Crippen LogP contribution in [-0.2, 0) is 28.8 Å². The molecule has 0 bridgehead atoms.